The zero-order valence-corrected chi connectivity index (χ0v) is 11.5. The number of rotatable bonds is 6. The van der Waals surface area contributed by atoms with Gasteiger partial charge in [-0.05, 0) is 34.5 Å². The van der Waals surface area contributed by atoms with E-state index < -0.39 is 19.0 Å². The molecule has 0 heterocycles. The summed E-state index contributed by atoms with van der Waals surface area (Å²) in [5.74, 6) is -4.07. The van der Waals surface area contributed by atoms with Gasteiger partial charge in [-0.3, -0.25) is 0 Å². The van der Waals surface area contributed by atoms with Gasteiger partial charge in [0, 0.05) is 0 Å². The molecule has 0 amide bonds. The first-order valence-corrected chi connectivity index (χ1v) is 6.52. The fourth-order valence-corrected chi connectivity index (χ4v) is 1.87. The Balaban J connectivity index is 2.16. The standard InChI is InChI=1S/C16H14F4O2/c17-15(18)16(19,20)10-22-14-6-5-12-8-11(2-1-7-21)3-4-13(12)9-14/h1-6,8-9,15,21H,7,10H2. The lowest BCUT2D eigenvalue weighted by molar-refractivity contribution is -0.148. The average molecular weight is 314 g/mol. The molecule has 0 aliphatic rings. The second-order valence-corrected chi connectivity index (χ2v) is 4.70. The van der Waals surface area contributed by atoms with Crippen LogP contribution in [0.25, 0.3) is 16.8 Å². The second kappa shape index (κ2) is 6.79. The lowest BCUT2D eigenvalue weighted by Gasteiger charge is -2.16. The molecule has 118 valence electrons. The van der Waals surface area contributed by atoms with E-state index in [0.717, 1.165) is 16.3 Å². The third-order valence-electron chi connectivity index (χ3n) is 3.00. The molecule has 0 aliphatic carbocycles. The van der Waals surface area contributed by atoms with E-state index in [4.69, 9.17) is 9.84 Å². The quantitative estimate of drug-likeness (QED) is 0.813. The first-order chi connectivity index (χ1) is 10.4. The molecule has 0 saturated carbocycles. The van der Waals surface area contributed by atoms with Gasteiger partial charge in [-0.25, -0.2) is 8.78 Å². The van der Waals surface area contributed by atoms with Gasteiger partial charge in [0.2, 0.25) is 0 Å². The fraction of sp³-hybridized carbons (Fsp3) is 0.250. The Morgan fingerprint density at radius 1 is 1.09 bits per heavy atom. The van der Waals surface area contributed by atoms with Crippen molar-refractivity contribution in [3.63, 3.8) is 0 Å². The molecule has 0 saturated heterocycles. The number of aliphatic hydroxyl groups excluding tert-OH is 1. The highest BCUT2D eigenvalue weighted by atomic mass is 19.3. The topological polar surface area (TPSA) is 29.5 Å². The van der Waals surface area contributed by atoms with E-state index in [9.17, 15) is 17.6 Å². The van der Waals surface area contributed by atoms with Crippen LogP contribution in [0.4, 0.5) is 17.6 Å². The summed E-state index contributed by atoms with van der Waals surface area (Å²) in [6.07, 6.45) is -0.424. The first-order valence-electron chi connectivity index (χ1n) is 6.52. The zero-order chi connectivity index (χ0) is 16.2. The maximum Gasteiger partial charge on any atom is 0.340 e. The summed E-state index contributed by atoms with van der Waals surface area (Å²) in [6, 6.07) is 10.00. The van der Waals surface area contributed by atoms with Gasteiger partial charge in [-0.1, -0.05) is 30.4 Å². The Labute approximate surface area is 124 Å². The molecule has 0 atom stereocenters. The van der Waals surface area contributed by atoms with Crippen molar-refractivity contribution < 1.29 is 27.4 Å². The molecule has 2 rings (SSSR count). The van der Waals surface area contributed by atoms with Crippen molar-refractivity contribution in [1.29, 1.82) is 0 Å². The van der Waals surface area contributed by atoms with E-state index in [2.05, 4.69) is 0 Å². The molecule has 22 heavy (non-hydrogen) atoms. The molecule has 2 aromatic rings. The third kappa shape index (κ3) is 3.98. The highest BCUT2D eigenvalue weighted by Crippen LogP contribution is 2.26. The van der Waals surface area contributed by atoms with Crippen molar-refractivity contribution in [3.8, 4) is 5.75 Å². The van der Waals surface area contributed by atoms with Crippen LogP contribution < -0.4 is 4.74 Å². The Morgan fingerprint density at radius 2 is 1.77 bits per heavy atom. The molecule has 0 spiro atoms. The maximum absolute atomic E-state index is 12.8. The van der Waals surface area contributed by atoms with E-state index in [1.807, 2.05) is 6.07 Å². The Hall–Kier alpha value is -2.08. The maximum atomic E-state index is 12.8. The number of aliphatic hydroxyl groups is 1. The van der Waals surface area contributed by atoms with E-state index in [1.54, 1.807) is 30.4 Å². The monoisotopic (exact) mass is 314 g/mol. The molecule has 0 unspecified atom stereocenters. The van der Waals surface area contributed by atoms with Crippen molar-refractivity contribution in [1.82, 2.24) is 0 Å². The molecule has 2 nitrogen and oxygen atoms in total. The van der Waals surface area contributed by atoms with Gasteiger partial charge in [0.05, 0.1) is 6.61 Å². The van der Waals surface area contributed by atoms with E-state index >= 15 is 0 Å². The van der Waals surface area contributed by atoms with Crippen LogP contribution in [0.1, 0.15) is 5.56 Å². The van der Waals surface area contributed by atoms with Crippen LogP contribution in [-0.2, 0) is 0 Å². The van der Waals surface area contributed by atoms with Gasteiger partial charge < -0.3 is 9.84 Å². The van der Waals surface area contributed by atoms with E-state index in [1.165, 1.54) is 12.1 Å². The molecule has 0 fully saturated rings. The highest BCUT2D eigenvalue weighted by molar-refractivity contribution is 5.86. The van der Waals surface area contributed by atoms with Crippen molar-refractivity contribution in [2.24, 2.45) is 0 Å². The van der Waals surface area contributed by atoms with Crippen LogP contribution >= 0.6 is 0 Å². The summed E-state index contributed by atoms with van der Waals surface area (Å²) >= 11 is 0. The smallest absolute Gasteiger partial charge is 0.340 e. The predicted molar refractivity (Wildman–Crippen MR) is 76.5 cm³/mol. The predicted octanol–water partition coefficient (Wildman–Crippen LogP) is 4.12. The van der Waals surface area contributed by atoms with Gasteiger partial charge in [-0.15, -0.1) is 0 Å². The number of hydrogen-bond donors (Lipinski definition) is 1. The summed E-state index contributed by atoms with van der Waals surface area (Å²) in [5, 5.41) is 10.3. The van der Waals surface area contributed by atoms with Crippen LogP contribution in [0, 0.1) is 0 Å². The van der Waals surface area contributed by atoms with E-state index in [-0.39, 0.29) is 12.4 Å². The summed E-state index contributed by atoms with van der Waals surface area (Å²) < 4.78 is 54.5. The van der Waals surface area contributed by atoms with Crippen LogP contribution in [0.5, 0.6) is 5.75 Å². The van der Waals surface area contributed by atoms with Crippen molar-refractivity contribution in [2.45, 2.75) is 12.3 Å². The summed E-state index contributed by atoms with van der Waals surface area (Å²) in [6.45, 7) is -1.43. The molecule has 0 aliphatic heterocycles. The molecule has 0 aromatic heterocycles. The van der Waals surface area contributed by atoms with Gasteiger partial charge in [0.15, 0.2) is 6.61 Å². The lowest BCUT2D eigenvalue weighted by Crippen LogP contribution is -2.33. The average Bonchev–Trinajstić information content (AvgIpc) is 2.50. The minimum absolute atomic E-state index is 0.0663. The number of halogens is 4. The summed E-state index contributed by atoms with van der Waals surface area (Å²) in [5.41, 5.74) is 0.874. The molecule has 2 aromatic carbocycles. The minimum Gasteiger partial charge on any atom is -0.487 e. The highest BCUT2D eigenvalue weighted by Gasteiger charge is 2.41. The number of alkyl halides is 4. The minimum atomic E-state index is -4.17. The van der Waals surface area contributed by atoms with Crippen molar-refractivity contribution in [3.05, 3.63) is 48.0 Å². The first kappa shape index (κ1) is 16.3. The molecule has 6 heteroatoms. The number of benzene rings is 2. The third-order valence-corrected chi connectivity index (χ3v) is 3.00. The van der Waals surface area contributed by atoms with Gasteiger partial charge in [0.25, 0.3) is 0 Å². The number of hydrogen-bond acceptors (Lipinski definition) is 2. The Kier molecular flexibility index (Phi) is 5.03. The molecule has 1 N–H and O–H groups in total. The number of ether oxygens (including phenoxy) is 1. The van der Waals surface area contributed by atoms with Crippen LogP contribution in [0.3, 0.4) is 0 Å². The molecule has 0 radical (unpaired) electrons. The van der Waals surface area contributed by atoms with Crippen molar-refractivity contribution >= 4 is 16.8 Å². The van der Waals surface area contributed by atoms with Crippen LogP contribution in [-0.4, -0.2) is 30.7 Å². The zero-order valence-electron chi connectivity index (χ0n) is 11.5. The van der Waals surface area contributed by atoms with Crippen LogP contribution in [0.15, 0.2) is 42.5 Å². The van der Waals surface area contributed by atoms with E-state index in [0.29, 0.717) is 0 Å². The lowest BCUT2D eigenvalue weighted by atomic mass is 10.1. The summed E-state index contributed by atoms with van der Waals surface area (Å²) in [7, 11) is 0. The Bertz CT molecular complexity index is 668. The normalized spacial score (nSPS) is 12.5. The van der Waals surface area contributed by atoms with Gasteiger partial charge >= 0.3 is 12.3 Å². The van der Waals surface area contributed by atoms with Gasteiger partial charge in [0.1, 0.15) is 5.75 Å². The number of fused-ring (bicyclic) bond motifs is 1. The largest absolute Gasteiger partial charge is 0.487 e. The molecular weight excluding hydrogens is 300 g/mol. The van der Waals surface area contributed by atoms with Crippen molar-refractivity contribution in [2.75, 3.05) is 13.2 Å². The fourth-order valence-electron chi connectivity index (χ4n) is 1.87. The summed E-state index contributed by atoms with van der Waals surface area (Å²) in [4.78, 5) is 0. The SMILES string of the molecule is OCC=Cc1ccc2cc(OCC(F)(F)C(F)F)ccc2c1. The Morgan fingerprint density at radius 3 is 2.45 bits per heavy atom. The molecule has 0 bridgehead atoms. The van der Waals surface area contributed by atoms with Gasteiger partial charge in [-0.2, -0.15) is 8.78 Å². The van der Waals surface area contributed by atoms with Crippen LogP contribution in [0.2, 0.25) is 0 Å². The molecular formula is C16H14F4O2. The second-order valence-electron chi connectivity index (χ2n) is 4.70.